The van der Waals surface area contributed by atoms with Crippen LogP contribution < -0.4 is 11.1 Å². The van der Waals surface area contributed by atoms with Gasteiger partial charge in [-0.15, -0.1) is 0 Å². The quantitative estimate of drug-likeness (QED) is 0.697. The van der Waals surface area contributed by atoms with Gasteiger partial charge in [0.05, 0.1) is 12.1 Å². The van der Waals surface area contributed by atoms with Crippen LogP contribution in [0.5, 0.6) is 0 Å². The SMILES string of the molecule is Cc1oc(=O)oc1COC(=O)C(C)CC(C)NC(=O)c1cn[nH]n1. The molecule has 0 spiro atoms. The molecular weight excluding hydrogens is 320 g/mol. The summed E-state index contributed by atoms with van der Waals surface area (Å²) in [5.41, 5.74) is 0.169. The van der Waals surface area contributed by atoms with Gasteiger partial charge in [-0.3, -0.25) is 9.59 Å². The number of aromatic amines is 1. The number of H-pyrrole nitrogens is 1. The molecule has 24 heavy (non-hydrogen) atoms. The molecule has 10 heteroatoms. The molecule has 0 bridgehead atoms. The number of ether oxygens (including phenoxy) is 1. The average Bonchev–Trinajstić information content (AvgIpc) is 3.14. The lowest BCUT2D eigenvalue weighted by molar-refractivity contribution is -0.150. The lowest BCUT2D eigenvalue weighted by Gasteiger charge is -2.17. The number of amides is 1. The van der Waals surface area contributed by atoms with E-state index in [2.05, 4.69) is 25.1 Å². The first kappa shape index (κ1) is 17.4. The number of rotatable bonds is 7. The van der Waals surface area contributed by atoms with E-state index in [1.54, 1.807) is 20.8 Å². The summed E-state index contributed by atoms with van der Waals surface area (Å²) in [5.74, 6) is -1.71. The summed E-state index contributed by atoms with van der Waals surface area (Å²) in [5, 5.41) is 12.3. The summed E-state index contributed by atoms with van der Waals surface area (Å²) in [6.07, 6.45) is 1.68. The molecule has 2 aromatic rings. The molecule has 0 aliphatic carbocycles. The molecule has 1 amide bonds. The van der Waals surface area contributed by atoms with Gasteiger partial charge in [0, 0.05) is 6.04 Å². The Kier molecular flexibility index (Phi) is 5.51. The second-order valence-corrected chi connectivity index (χ2v) is 5.41. The third-order valence-corrected chi connectivity index (χ3v) is 3.32. The van der Waals surface area contributed by atoms with Gasteiger partial charge in [0.25, 0.3) is 5.91 Å². The van der Waals surface area contributed by atoms with Gasteiger partial charge in [0.1, 0.15) is 0 Å². The molecule has 0 radical (unpaired) electrons. The van der Waals surface area contributed by atoms with E-state index in [-0.39, 0.29) is 35.8 Å². The topological polar surface area (TPSA) is 140 Å². The first-order valence-corrected chi connectivity index (χ1v) is 7.29. The summed E-state index contributed by atoms with van der Waals surface area (Å²) >= 11 is 0. The number of hydrogen-bond acceptors (Lipinski definition) is 8. The number of hydrogen-bond donors (Lipinski definition) is 2. The van der Waals surface area contributed by atoms with Crippen LogP contribution in [0.4, 0.5) is 0 Å². The number of esters is 1. The van der Waals surface area contributed by atoms with Gasteiger partial charge in [0.2, 0.25) is 0 Å². The van der Waals surface area contributed by atoms with Crippen LogP contribution in [-0.2, 0) is 16.1 Å². The molecule has 2 rings (SSSR count). The number of carbonyl (C=O) groups is 2. The Morgan fingerprint density at radius 2 is 2.12 bits per heavy atom. The Balaban J connectivity index is 1.79. The lowest BCUT2D eigenvalue weighted by Crippen LogP contribution is -2.35. The van der Waals surface area contributed by atoms with Crippen molar-refractivity contribution in [2.75, 3.05) is 0 Å². The van der Waals surface area contributed by atoms with Gasteiger partial charge in [-0.25, -0.2) is 4.79 Å². The first-order valence-electron chi connectivity index (χ1n) is 7.29. The van der Waals surface area contributed by atoms with Crippen LogP contribution in [0.1, 0.15) is 42.3 Å². The fourth-order valence-electron chi connectivity index (χ4n) is 2.08. The monoisotopic (exact) mass is 338 g/mol. The highest BCUT2D eigenvalue weighted by Gasteiger charge is 2.21. The van der Waals surface area contributed by atoms with Gasteiger partial charge < -0.3 is 18.9 Å². The van der Waals surface area contributed by atoms with Crippen LogP contribution in [0.25, 0.3) is 0 Å². The smallest absolute Gasteiger partial charge is 0.457 e. The van der Waals surface area contributed by atoms with Gasteiger partial charge >= 0.3 is 11.8 Å². The molecule has 0 saturated heterocycles. The highest BCUT2D eigenvalue weighted by molar-refractivity contribution is 5.92. The molecule has 0 aliphatic rings. The zero-order chi connectivity index (χ0) is 17.7. The van der Waals surface area contributed by atoms with E-state index in [9.17, 15) is 14.4 Å². The van der Waals surface area contributed by atoms with E-state index in [1.807, 2.05) is 0 Å². The molecule has 2 aromatic heterocycles. The minimum Gasteiger partial charge on any atom is -0.457 e. The summed E-state index contributed by atoms with van der Waals surface area (Å²) in [4.78, 5) is 34.7. The van der Waals surface area contributed by atoms with Crippen molar-refractivity contribution in [3.8, 4) is 0 Å². The summed E-state index contributed by atoms with van der Waals surface area (Å²) in [7, 11) is 0. The Labute approximate surface area is 136 Å². The van der Waals surface area contributed by atoms with Gasteiger partial charge in [0.15, 0.2) is 23.8 Å². The molecule has 2 unspecified atom stereocenters. The van der Waals surface area contributed by atoms with E-state index in [0.717, 1.165) is 0 Å². The van der Waals surface area contributed by atoms with Crippen molar-refractivity contribution in [2.45, 2.75) is 39.8 Å². The third-order valence-electron chi connectivity index (χ3n) is 3.32. The van der Waals surface area contributed by atoms with Crippen molar-refractivity contribution >= 4 is 11.9 Å². The maximum atomic E-state index is 12.0. The van der Waals surface area contributed by atoms with Crippen molar-refractivity contribution in [1.82, 2.24) is 20.7 Å². The molecule has 2 N–H and O–H groups in total. The summed E-state index contributed by atoms with van der Waals surface area (Å²) < 4.78 is 14.5. The van der Waals surface area contributed by atoms with E-state index in [0.29, 0.717) is 6.42 Å². The molecular formula is C14H18N4O6. The second-order valence-electron chi connectivity index (χ2n) is 5.41. The number of carbonyl (C=O) groups excluding carboxylic acids is 2. The normalized spacial score (nSPS) is 13.3. The van der Waals surface area contributed by atoms with Gasteiger partial charge in [-0.1, -0.05) is 6.92 Å². The third kappa shape index (κ3) is 4.54. The molecule has 2 atom stereocenters. The fourth-order valence-corrected chi connectivity index (χ4v) is 2.08. The standard InChI is InChI=1S/C14H18N4O6/c1-7(4-8(2)16-12(19)10-5-15-18-17-10)13(20)22-6-11-9(3)23-14(21)24-11/h5,7-8H,4,6H2,1-3H3,(H,16,19)(H,15,17,18). The van der Waals surface area contributed by atoms with E-state index in [4.69, 9.17) is 9.15 Å². The number of nitrogens with zero attached hydrogens (tertiary/aromatic N) is 2. The van der Waals surface area contributed by atoms with E-state index >= 15 is 0 Å². The zero-order valence-corrected chi connectivity index (χ0v) is 13.5. The fraction of sp³-hybridized carbons (Fsp3) is 0.500. The number of nitrogens with one attached hydrogen (secondary N) is 2. The second kappa shape index (κ2) is 7.57. The van der Waals surface area contributed by atoms with Crippen molar-refractivity contribution < 1.29 is 23.2 Å². The zero-order valence-electron chi connectivity index (χ0n) is 13.5. The average molecular weight is 338 g/mol. The Morgan fingerprint density at radius 3 is 2.71 bits per heavy atom. The van der Waals surface area contributed by atoms with E-state index < -0.39 is 17.7 Å². The van der Waals surface area contributed by atoms with E-state index in [1.165, 1.54) is 6.20 Å². The molecule has 10 nitrogen and oxygen atoms in total. The summed E-state index contributed by atoms with van der Waals surface area (Å²) in [6.45, 7) is 4.81. The minimum absolute atomic E-state index is 0.169. The highest BCUT2D eigenvalue weighted by Crippen LogP contribution is 2.12. The van der Waals surface area contributed by atoms with Crippen molar-refractivity contribution in [2.24, 2.45) is 5.92 Å². The van der Waals surface area contributed by atoms with Crippen LogP contribution in [0.15, 0.2) is 19.8 Å². The molecule has 0 aliphatic heterocycles. The maximum Gasteiger partial charge on any atom is 0.519 e. The van der Waals surface area contributed by atoms with Gasteiger partial charge in [-0.2, -0.15) is 15.4 Å². The molecule has 0 fully saturated rings. The number of aryl methyl sites for hydroxylation is 1. The van der Waals surface area contributed by atoms with Crippen molar-refractivity contribution in [1.29, 1.82) is 0 Å². The Bertz CT molecular complexity index is 748. The van der Waals surface area contributed by atoms with Crippen LogP contribution in [-0.4, -0.2) is 33.3 Å². The van der Waals surface area contributed by atoms with Crippen LogP contribution in [0, 0.1) is 12.8 Å². The number of aromatic nitrogens is 3. The largest absolute Gasteiger partial charge is 0.519 e. The molecule has 0 aromatic carbocycles. The Hall–Kier alpha value is -2.91. The Morgan fingerprint density at radius 1 is 1.38 bits per heavy atom. The molecule has 2 heterocycles. The van der Waals surface area contributed by atoms with Crippen molar-refractivity contribution in [3.05, 3.63) is 34.0 Å². The predicted octanol–water partition coefficient (Wildman–Crippen LogP) is 0.547. The maximum absolute atomic E-state index is 12.0. The minimum atomic E-state index is -0.837. The first-order chi connectivity index (χ1) is 11.4. The van der Waals surface area contributed by atoms with Gasteiger partial charge in [-0.05, 0) is 20.3 Å². The van der Waals surface area contributed by atoms with Crippen LogP contribution >= 0.6 is 0 Å². The molecule has 0 saturated carbocycles. The summed E-state index contributed by atoms with van der Waals surface area (Å²) in [6, 6.07) is -0.273. The molecule has 130 valence electrons. The lowest BCUT2D eigenvalue weighted by atomic mass is 10.0. The van der Waals surface area contributed by atoms with Crippen molar-refractivity contribution in [3.63, 3.8) is 0 Å². The highest BCUT2D eigenvalue weighted by atomic mass is 16.6. The predicted molar refractivity (Wildman–Crippen MR) is 78.9 cm³/mol. The van der Waals surface area contributed by atoms with Crippen LogP contribution in [0.2, 0.25) is 0 Å². The van der Waals surface area contributed by atoms with Crippen LogP contribution in [0.3, 0.4) is 0 Å².